The van der Waals surface area contributed by atoms with Crippen molar-refractivity contribution in [2.24, 2.45) is 5.73 Å². The molecule has 2 heteroatoms. The van der Waals surface area contributed by atoms with E-state index in [2.05, 4.69) is 19.1 Å². The molecule has 0 heterocycles. The minimum atomic E-state index is -0.274. The maximum Gasteiger partial charge on any atom is 0.0431 e. The van der Waals surface area contributed by atoms with Crippen molar-refractivity contribution in [1.29, 1.82) is 0 Å². The Kier molecular flexibility index (Phi) is 4.11. The summed E-state index contributed by atoms with van der Waals surface area (Å²) in [4.78, 5) is 0. The summed E-state index contributed by atoms with van der Waals surface area (Å²) in [6, 6.07) is 10.1. The van der Waals surface area contributed by atoms with Crippen LogP contribution in [0, 0.1) is 0 Å². The molecule has 0 saturated carbocycles. The third kappa shape index (κ3) is 2.56. The molecule has 0 aliphatic rings. The molecule has 2 nitrogen and oxygen atoms in total. The zero-order valence-electron chi connectivity index (χ0n) is 8.74. The van der Waals surface area contributed by atoms with Gasteiger partial charge in [0.1, 0.15) is 0 Å². The lowest BCUT2D eigenvalue weighted by Gasteiger charge is -2.28. The van der Waals surface area contributed by atoms with Gasteiger partial charge in [-0.3, -0.25) is 0 Å². The second kappa shape index (κ2) is 5.13. The van der Waals surface area contributed by atoms with Crippen LogP contribution in [0.25, 0.3) is 0 Å². The molecule has 78 valence electrons. The van der Waals surface area contributed by atoms with E-state index < -0.39 is 0 Å². The Labute approximate surface area is 85.8 Å². The predicted octanol–water partition coefficient (Wildman–Crippen LogP) is 2.02. The predicted molar refractivity (Wildman–Crippen MR) is 58.9 cm³/mol. The quantitative estimate of drug-likeness (QED) is 0.751. The highest BCUT2D eigenvalue weighted by molar-refractivity contribution is 5.23. The first-order valence-electron chi connectivity index (χ1n) is 5.18. The van der Waals surface area contributed by atoms with Gasteiger partial charge < -0.3 is 10.8 Å². The summed E-state index contributed by atoms with van der Waals surface area (Å²) in [7, 11) is 0. The molecule has 1 atom stereocenters. The fourth-order valence-corrected chi connectivity index (χ4v) is 1.69. The van der Waals surface area contributed by atoms with Gasteiger partial charge in [0.15, 0.2) is 0 Å². The van der Waals surface area contributed by atoms with Crippen LogP contribution in [-0.4, -0.2) is 11.7 Å². The first kappa shape index (κ1) is 11.2. The lowest BCUT2D eigenvalue weighted by Crippen LogP contribution is -2.36. The average molecular weight is 193 g/mol. The smallest absolute Gasteiger partial charge is 0.0431 e. The maximum absolute atomic E-state index is 8.82. The molecule has 0 radical (unpaired) electrons. The van der Waals surface area contributed by atoms with Crippen molar-refractivity contribution in [2.45, 2.75) is 31.7 Å². The number of hydrogen-bond donors (Lipinski definition) is 2. The van der Waals surface area contributed by atoms with Crippen molar-refractivity contribution >= 4 is 0 Å². The van der Waals surface area contributed by atoms with Gasteiger partial charge in [0.25, 0.3) is 0 Å². The highest BCUT2D eigenvalue weighted by Gasteiger charge is 2.23. The van der Waals surface area contributed by atoms with Crippen molar-refractivity contribution in [3.05, 3.63) is 35.9 Å². The molecule has 0 aliphatic heterocycles. The number of aliphatic hydroxyl groups excluding tert-OH is 1. The largest absolute Gasteiger partial charge is 0.396 e. The van der Waals surface area contributed by atoms with Crippen LogP contribution in [0.2, 0.25) is 0 Å². The third-order valence-corrected chi connectivity index (χ3v) is 2.76. The fourth-order valence-electron chi connectivity index (χ4n) is 1.69. The topological polar surface area (TPSA) is 46.2 Å². The minimum absolute atomic E-state index is 0.214. The number of benzene rings is 1. The molecule has 1 unspecified atom stereocenters. The van der Waals surface area contributed by atoms with Crippen LogP contribution in [0.1, 0.15) is 31.7 Å². The van der Waals surface area contributed by atoms with Gasteiger partial charge in [0.05, 0.1) is 0 Å². The van der Waals surface area contributed by atoms with E-state index in [0.29, 0.717) is 0 Å². The molecular weight excluding hydrogens is 174 g/mol. The molecule has 0 fully saturated rings. The van der Waals surface area contributed by atoms with Crippen LogP contribution in [0.15, 0.2) is 30.3 Å². The number of rotatable bonds is 5. The van der Waals surface area contributed by atoms with Gasteiger partial charge in [-0.1, -0.05) is 37.3 Å². The van der Waals surface area contributed by atoms with Gasteiger partial charge in [-0.25, -0.2) is 0 Å². The van der Waals surface area contributed by atoms with Crippen LogP contribution in [0.3, 0.4) is 0 Å². The average Bonchev–Trinajstić information content (AvgIpc) is 2.27. The summed E-state index contributed by atoms with van der Waals surface area (Å²) in [6.07, 6.45) is 2.50. The number of nitrogens with two attached hydrogens (primary N) is 1. The van der Waals surface area contributed by atoms with E-state index in [4.69, 9.17) is 10.8 Å². The summed E-state index contributed by atoms with van der Waals surface area (Å²) in [5, 5.41) is 8.82. The molecule has 0 bridgehead atoms. The molecule has 1 aromatic rings. The Balaban J connectivity index is 2.79. The minimum Gasteiger partial charge on any atom is -0.396 e. The molecule has 1 rings (SSSR count). The number of aliphatic hydroxyl groups is 1. The van der Waals surface area contributed by atoms with Crippen molar-refractivity contribution in [3.63, 3.8) is 0 Å². The van der Waals surface area contributed by atoms with E-state index in [9.17, 15) is 0 Å². The van der Waals surface area contributed by atoms with Gasteiger partial charge in [0, 0.05) is 12.1 Å². The lowest BCUT2D eigenvalue weighted by molar-refractivity contribution is 0.258. The maximum atomic E-state index is 8.82. The third-order valence-electron chi connectivity index (χ3n) is 2.76. The summed E-state index contributed by atoms with van der Waals surface area (Å²) < 4.78 is 0. The molecule has 0 saturated heterocycles. The van der Waals surface area contributed by atoms with E-state index in [1.807, 2.05) is 18.2 Å². The second-order valence-corrected chi connectivity index (χ2v) is 3.70. The Morgan fingerprint density at radius 1 is 1.29 bits per heavy atom. The van der Waals surface area contributed by atoms with Crippen molar-refractivity contribution in [1.82, 2.24) is 0 Å². The van der Waals surface area contributed by atoms with Crippen LogP contribution in [0.4, 0.5) is 0 Å². The first-order valence-corrected chi connectivity index (χ1v) is 5.18. The van der Waals surface area contributed by atoms with Gasteiger partial charge in [-0.05, 0) is 24.8 Å². The monoisotopic (exact) mass is 193 g/mol. The fraction of sp³-hybridized carbons (Fsp3) is 0.500. The van der Waals surface area contributed by atoms with Gasteiger partial charge in [0.2, 0.25) is 0 Å². The molecule has 14 heavy (non-hydrogen) atoms. The van der Waals surface area contributed by atoms with Gasteiger partial charge >= 0.3 is 0 Å². The van der Waals surface area contributed by atoms with Gasteiger partial charge in [-0.2, -0.15) is 0 Å². The lowest BCUT2D eigenvalue weighted by atomic mass is 9.84. The Hall–Kier alpha value is -0.860. The summed E-state index contributed by atoms with van der Waals surface area (Å²) in [5.74, 6) is 0. The molecule has 1 aromatic carbocycles. The zero-order chi connectivity index (χ0) is 10.4. The molecule has 3 N–H and O–H groups in total. The van der Waals surface area contributed by atoms with Crippen molar-refractivity contribution in [2.75, 3.05) is 6.61 Å². The summed E-state index contributed by atoms with van der Waals surface area (Å²) in [5.41, 5.74) is 7.18. The first-order chi connectivity index (χ1) is 6.73. The molecule has 0 aromatic heterocycles. The van der Waals surface area contributed by atoms with Crippen molar-refractivity contribution < 1.29 is 5.11 Å². The van der Waals surface area contributed by atoms with Crippen molar-refractivity contribution in [3.8, 4) is 0 Å². The van der Waals surface area contributed by atoms with E-state index in [-0.39, 0.29) is 12.1 Å². The van der Waals surface area contributed by atoms with Gasteiger partial charge in [-0.15, -0.1) is 0 Å². The molecule has 0 spiro atoms. The molecule has 0 aliphatic carbocycles. The Morgan fingerprint density at radius 2 is 1.93 bits per heavy atom. The molecule has 0 amide bonds. The Morgan fingerprint density at radius 3 is 2.43 bits per heavy atom. The zero-order valence-corrected chi connectivity index (χ0v) is 8.74. The second-order valence-electron chi connectivity index (χ2n) is 3.70. The molecular formula is C12H19NO. The van der Waals surface area contributed by atoms with E-state index in [0.717, 1.165) is 24.8 Å². The SMILES string of the molecule is CCC(N)(CCCO)c1ccccc1. The highest BCUT2D eigenvalue weighted by Crippen LogP contribution is 2.26. The summed E-state index contributed by atoms with van der Waals surface area (Å²) >= 11 is 0. The number of hydrogen-bond acceptors (Lipinski definition) is 2. The van der Waals surface area contributed by atoms with E-state index in [1.54, 1.807) is 0 Å². The van der Waals surface area contributed by atoms with E-state index >= 15 is 0 Å². The van der Waals surface area contributed by atoms with Crippen LogP contribution in [-0.2, 0) is 5.54 Å². The Bertz CT molecular complexity index is 260. The normalized spacial score (nSPS) is 15.1. The van der Waals surface area contributed by atoms with Crippen LogP contribution in [0.5, 0.6) is 0 Å². The van der Waals surface area contributed by atoms with E-state index in [1.165, 1.54) is 0 Å². The van der Waals surface area contributed by atoms with Crippen LogP contribution < -0.4 is 5.73 Å². The van der Waals surface area contributed by atoms with Crippen LogP contribution >= 0.6 is 0 Å². The highest BCUT2D eigenvalue weighted by atomic mass is 16.2. The summed E-state index contributed by atoms with van der Waals surface area (Å²) in [6.45, 7) is 2.30. The standard InChI is InChI=1S/C12H19NO/c1-2-12(13,9-6-10-14)11-7-4-3-5-8-11/h3-5,7-8,14H,2,6,9-10,13H2,1H3.